The van der Waals surface area contributed by atoms with Crippen molar-refractivity contribution in [3.05, 3.63) is 187 Å². The van der Waals surface area contributed by atoms with E-state index in [-0.39, 0.29) is 0 Å². The van der Waals surface area contributed by atoms with Gasteiger partial charge >= 0.3 is 0 Å². The van der Waals surface area contributed by atoms with Crippen LogP contribution in [0.1, 0.15) is 36.3 Å². The molecule has 0 saturated carbocycles. The second-order valence-corrected chi connectivity index (χ2v) is 14.0. The minimum Gasteiger partial charge on any atom is -0.313 e. The standard InChI is InChI=1S/C49H35N3/c50-32-33-17-23-40(24-18-33)51-46-15-6-4-13-42(46)44-30-38(21-27-48(44)51)39-22-28-49-45(31-39)43-14-5-7-16-47(43)52(49)41-25-19-35(20-26-41)37-12-8-11-36(29-37)34-9-2-1-3-10-34/h1-11,13-17,19-23,25-31,37H,12,18,24H2. The smallest absolute Gasteiger partial charge is 0.0947 e. The first kappa shape index (κ1) is 30.2. The average Bonchev–Trinajstić information content (AvgIpc) is 3.73. The molecule has 0 radical (unpaired) electrons. The third-order valence-corrected chi connectivity index (χ3v) is 11.0. The molecule has 8 aromatic rings. The van der Waals surface area contributed by atoms with Crippen LogP contribution in [0, 0.1) is 11.3 Å². The number of aromatic nitrogens is 2. The lowest BCUT2D eigenvalue weighted by molar-refractivity contribution is 0.856. The van der Waals surface area contributed by atoms with E-state index in [0.29, 0.717) is 5.92 Å². The van der Waals surface area contributed by atoms with Crippen molar-refractivity contribution in [1.29, 1.82) is 5.26 Å². The molecule has 0 aliphatic heterocycles. The molecule has 246 valence electrons. The van der Waals surface area contributed by atoms with Gasteiger partial charge in [0, 0.05) is 44.4 Å². The van der Waals surface area contributed by atoms with Crippen LogP contribution in [0.3, 0.4) is 0 Å². The zero-order chi connectivity index (χ0) is 34.6. The van der Waals surface area contributed by atoms with Crippen molar-refractivity contribution in [2.75, 3.05) is 0 Å². The molecule has 3 nitrogen and oxygen atoms in total. The largest absolute Gasteiger partial charge is 0.313 e. The number of benzene rings is 6. The van der Waals surface area contributed by atoms with Crippen molar-refractivity contribution in [3.63, 3.8) is 0 Å². The lowest BCUT2D eigenvalue weighted by Crippen LogP contribution is -2.00. The van der Waals surface area contributed by atoms with Crippen LogP contribution in [0.2, 0.25) is 0 Å². The molecule has 0 N–H and O–H groups in total. The highest BCUT2D eigenvalue weighted by Gasteiger charge is 2.19. The van der Waals surface area contributed by atoms with Crippen LogP contribution < -0.4 is 0 Å². The van der Waals surface area contributed by atoms with E-state index >= 15 is 0 Å². The average molecular weight is 666 g/mol. The van der Waals surface area contributed by atoms with E-state index in [1.165, 1.54) is 82.8 Å². The van der Waals surface area contributed by atoms with E-state index in [2.05, 4.69) is 179 Å². The first-order valence-corrected chi connectivity index (χ1v) is 18.1. The molecule has 2 heterocycles. The van der Waals surface area contributed by atoms with Gasteiger partial charge in [0.15, 0.2) is 0 Å². The number of rotatable bonds is 5. The van der Waals surface area contributed by atoms with E-state index in [1.54, 1.807) is 0 Å². The van der Waals surface area contributed by atoms with Crippen molar-refractivity contribution in [1.82, 2.24) is 9.13 Å². The van der Waals surface area contributed by atoms with E-state index in [4.69, 9.17) is 0 Å². The van der Waals surface area contributed by atoms with Gasteiger partial charge in [0.2, 0.25) is 0 Å². The number of hydrogen-bond acceptors (Lipinski definition) is 1. The van der Waals surface area contributed by atoms with Gasteiger partial charge in [-0.2, -0.15) is 5.26 Å². The van der Waals surface area contributed by atoms with Crippen LogP contribution in [-0.2, 0) is 0 Å². The highest BCUT2D eigenvalue weighted by Crippen LogP contribution is 2.40. The minimum absolute atomic E-state index is 0.356. The Balaban J connectivity index is 1.04. The van der Waals surface area contributed by atoms with Gasteiger partial charge in [0.05, 0.1) is 28.1 Å². The monoisotopic (exact) mass is 665 g/mol. The zero-order valence-corrected chi connectivity index (χ0v) is 28.7. The fourth-order valence-electron chi connectivity index (χ4n) is 8.41. The van der Waals surface area contributed by atoms with Gasteiger partial charge in [-0.1, -0.05) is 109 Å². The lowest BCUT2D eigenvalue weighted by atomic mass is 9.87. The molecule has 2 aliphatic rings. The highest BCUT2D eigenvalue weighted by atomic mass is 15.0. The van der Waals surface area contributed by atoms with E-state index in [1.807, 2.05) is 6.08 Å². The Kier molecular flexibility index (Phi) is 7.15. The molecule has 0 bridgehead atoms. The SMILES string of the molecule is N#CC1=CC=C(n2c3ccccc3c3cc(-c4ccc5c(c4)c4ccccc4n5-c4ccc(C5C=C(c6ccccc6)C=CC5)cc4)ccc32)CC1. The highest BCUT2D eigenvalue weighted by molar-refractivity contribution is 6.13. The molecule has 2 aromatic heterocycles. The Labute approximate surface area is 303 Å². The maximum absolute atomic E-state index is 9.41. The quantitative estimate of drug-likeness (QED) is 0.180. The summed E-state index contributed by atoms with van der Waals surface area (Å²) in [6.45, 7) is 0. The number of nitrogens with zero attached hydrogens (tertiary/aromatic N) is 3. The van der Waals surface area contributed by atoms with E-state index < -0.39 is 0 Å². The molecule has 10 rings (SSSR count). The lowest BCUT2D eigenvalue weighted by Gasteiger charge is -2.18. The van der Waals surface area contributed by atoms with Crippen molar-refractivity contribution in [2.45, 2.75) is 25.2 Å². The maximum Gasteiger partial charge on any atom is 0.0947 e. The minimum atomic E-state index is 0.356. The summed E-state index contributed by atoms with van der Waals surface area (Å²) >= 11 is 0. The van der Waals surface area contributed by atoms with Gasteiger partial charge in [-0.25, -0.2) is 0 Å². The molecule has 1 unspecified atom stereocenters. The van der Waals surface area contributed by atoms with Gasteiger partial charge in [0.1, 0.15) is 0 Å². The van der Waals surface area contributed by atoms with Crippen LogP contribution in [-0.4, -0.2) is 9.13 Å². The van der Waals surface area contributed by atoms with E-state index in [0.717, 1.165) is 24.8 Å². The normalized spacial score (nSPS) is 15.9. The van der Waals surface area contributed by atoms with Gasteiger partial charge in [-0.3, -0.25) is 0 Å². The molecule has 3 heteroatoms. The third kappa shape index (κ3) is 4.95. The number of allylic oxidation sites excluding steroid dienone is 8. The molecular weight excluding hydrogens is 631 g/mol. The van der Waals surface area contributed by atoms with Crippen molar-refractivity contribution >= 4 is 54.9 Å². The molecule has 0 fully saturated rings. The Morgan fingerprint density at radius 2 is 1.15 bits per heavy atom. The topological polar surface area (TPSA) is 33.6 Å². The first-order valence-electron chi connectivity index (χ1n) is 18.1. The molecule has 0 saturated heterocycles. The number of para-hydroxylation sites is 2. The van der Waals surface area contributed by atoms with Gasteiger partial charge in [-0.15, -0.1) is 0 Å². The third-order valence-electron chi connectivity index (χ3n) is 11.0. The number of hydrogen-bond donors (Lipinski definition) is 0. The van der Waals surface area contributed by atoms with Gasteiger partial charge in [-0.05, 0) is 108 Å². The molecule has 2 aliphatic carbocycles. The summed E-state index contributed by atoms with van der Waals surface area (Å²) in [6.07, 6.45) is 13.7. The predicted octanol–water partition coefficient (Wildman–Crippen LogP) is 12.8. The van der Waals surface area contributed by atoms with Gasteiger partial charge < -0.3 is 9.13 Å². The second-order valence-electron chi connectivity index (χ2n) is 14.0. The molecule has 6 aromatic carbocycles. The Morgan fingerprint density at radius 3 is 1.81 bits per heavy atom. The van der Waals surface area contributed by atoms with E-state index in [9.17, 15) is 5.26 Å². The van der Waals surface area contributed by atoms with Crippen LogP contribution in [0.15, 0.2) is 175 Å². The summed E-state index contributed by atoms with van der Waals surface area (Å²) in [5.41, 5.74) is 14.3. The summed E-state index contributed by atoms with van der Waals surface area (Å²) < 4.78 is 4.79. The van der Waals surface area contributed by atoms with Crippen molar-refractivity contribution in [2.24, 2.45) is 0 Å². The molecule has 0 spiro atoms. The number of fused-ring (bicyclic) bond motifs is 6. The van der Waals surface area contributed by atoms with Crippen molar-refractivity contribution < 1.29 is 0 Å². The second kappa shape index (κ2) is 12.3. The summed E-state index contributed by atoms with van der Waals surface area (Å²) in [7, 11) is 0. The Hall–Kier alpha value is -6.63. The zero-order valence-electron chi connectivity index (χ0n) is 28.7. The predicted molar refractivity (Wildman–Crippen MR) is 217 cm³/mol. The summed E-state index contributed by atoms with van der Waals surface area (Å²) in [5, 5.41) is 14.4. The Morgan fingerprint density at radius 1 is 0.538 bits per heavy atom. The van der Waals surface area contributed by atoms with Crippen LogP contribution in [0.4, 0.5) is 0 Å². The maximum atomic E-state index is 9.41. The van der Waals surface area contributed by atoms with Crippen molar-refractivity contribution in [3.8, 4) is 22.9 Å². The molecular formula is C49H35N3. The molecule has 52 heavy (non-hydrogen) atoms. The van der Waals surface area contributed by atoms with Crippen LogP contribution in [0.25, 0.3) is 71.7 Å². The van der Waals surface area contributed by atoms with Crippen LogP contribution in [0.5, 0.6) is 0 Å². The Bertz CT molecular complexity index is 2870. The fourth-order valence-corrected chi connectivity index (χ4v) is 8.41. The molecule has 0 amide bonds. The molecule has 1 atom stereocenters. The van der Waals surface area contributed by atoms with Gasteiger partial charge in [0.25, 0.3) is 0 Å². The summed E-state index contributed by atoms with van der Waals surface area (Å²) in [5.74, 6) is 0.356. The fraction of sp³-hybridized carbons (Fsp3) is 0.0816. The first-order chi connectivity index (χ1) is 25.7. The summed E-state index contributed by atoms with van der Waals surface area (Å²) in [6, 6.07) is 53.4. The number of nitriles is 1. The van der Waals surface area contributed by atoms with Crippen LogP contribution >= 0.6 is 0 Å². The summed E-state index contributed by atoms with van der Waals surface area (Å²) in [4.78, 5) is 0.